The molecule has 7 nitrogen and oxygen atoms in total. The fourth-order valence-corrected chi connectivity index (χ4v) is 3.43. The molecule has 1 unspecified atom stereocenters. The van der Waals surface area contributed by atoms with Gasteiger partial charge >= 0.3 is 0 Å². The van der Waals surface area contributed by atoms with Gasteiger partial charge in [0.1, 0.15) is 11.7 Å². The van der Waals surface area contributed by atoms with Crippen LogP contribution in [0, 0.1) is 11.8 Å². The minimum Gasteiger partial charge on any atom is -0.477 e. The van der Waals surface area contributed by atoms with Crippen LogP contribution < -0.4 is 15.8 Å². The molecule has 146 valence electrons. The first kappa shape index (κ1) is 18.2. The molecule has 2 atom stereocenters. The maximum atomic E-state index is 12.6. The highest BCUT2D eigenvalue weighted by atomic mass is 16.5. The van der Waals surface area contributed by atoms with Crippen LogP contribution in [0.4, 0.5) is 0 Å². The molecule has 1 aliphatic heterocycles. The summed E-state index contributed by atoms with van der Waals surface area (Å²) in [6.45, 7) is 2.01. The maximum absolute atomic E-state index is 12.6. The lowest BCUT2D eigenvalue weighted by Gasteiger charge is -2.17. The van der Waals surface area contributed by atoms with E-state index < -0.39 is 11.9 Å². The fraction of sp³-hybridized carbons (Fsp3) is 0.650. The predicted octanol–water partition coefficient (Wildman–Crippen LogP) is 1.76. The highest BCUT2D eigenvalue weighted by Gasteiger charge is 2.30. The van der Waals surface area contributed by atoms with E-state index in [2.05, 4.69) is 10.3 Å². The number of nitrogens with one attached hydrogen (secondary N) is 1. The number of rotatable bonds is 9. The van der Waals surface area contributed by atoms with Crippen molar-refractivity contribution in [1.82, 2.24) is 10.3 Å². The summed E-state index contributed by atoms with van der Waals surface area (Å²) in [5, 5.41) is 2.74. The Labute approximate surface area is 159 Å². The summed E-state index contributed by atoms with van der Waals surface area (Å²) in [6, 6.07) is 2.96. The number of carbonyl (C=O) groups excluding carboxylic acids is 2. The number of nitrogens with zero attached hydrogens (tertiary/aromatic N) is 1. The molecule has 1 aromatic heterocycles. The average Bonchev–Trinajstić information content (AvgIpc) is 3.59. The average molecular weight is 373 g/mol. The van der Waals surface area contributed by atoms with Crippen LogP contribution in [-0.2, 0) is 9.53 Å². The smallest absolute Gasteiger partial charge is 0.270 e. The Hall–Kier alpha value is -2.15. The Morgan fingerprint density at radius 1 is 1.22 bits per heavy atom. The largest absolute Gasteiger partial charge is 0.477 e. The van der Waals surface area contributed by atoms with Gasteiger partial charge in [0, 0.05) is 18.1 Å². The van der Waals surface area contributed by atoms with Gasteiger partial charge in [-0.2, -0.15) is 0 Å². The number of hydrogen-bond acceptors (Lipinski definition) is 5. The molecule has 3 aliphatic rings. The SMILES string of the molecule is NC(=O)[C@H](CC1CC1)NC(=O)c1ccc(C2CCOC2)c(OCC2CC2)n1. The lowest BCUT2D eigenvalue weighted by Crippen LogP contribution is -2.45. The third-order valence-corrected chi connectivity index (χ3v) is 5.56. The second-order valence-electron chi connectivity index (χ2n) is 8.01. The van der Waals surface area contributed by atoms with Crippen molar-refractivity contribution in [3.05, 3.63) is 23.4 Å². The highest BCUT2D eigenvalue weighted by molar-refractivity contribution is 5.96. The highest BCUT2D eigenvalue weighted by Crippen LogP contribution is 2.35. The van der Waals surface area contributed by atoms with Crippen LogP contribution in [0.25, 0.3) is 0 Å². The molecule has 0 radical (unpaired) electrons. The summed E-state index contributed by atoms with van der Waals surface area (Å²) in [4.78, 5) is 28.8. The Morgan fingerprint density at radius 3 is 2.63 bits per heavy atom. The van der Waals surface area contributed by atoms with Gasteiger partial charge < -0.3 is 20.5 Å². The Bertz CT molecular complexity index is 709. The van der Waals surface area contributed by atoms with E-state index in [1.807, 2.05) is 6.07 Å². The number of aromatic nitrogens is 1. The van der Waals surface area contributed by atoms with E-state index >= 15 is 0 Å². The molecule has 27 heavy (non-hydrogen) atoms. The van der Waals surface area contributed by atoms with Crippen molar-refractivity contribution in [1.29, 1.82) is 0 Å². The van der Waals surface area contributed by atoms with Gasteiger partial charge in [-0.15, -0.1) is 0 Å². The molecule has 3 fully saturated rings. The first-order valence-electron chi connectivity index (χ1n) is 9.92. The molecule has 0 aromatic carbocycles. The van der Waals surface area contributed by atoms with E-state index in [0.29, 0.717) is 37.4 Å². The van der Waals surface area contributed by atoms with Crippen molar-refractivity contribution in [3.63, 3.8) is 0 Å². The molecular weight excluding hydrogens is 346 g/mol. The molecule has 2 aliphatic carbocycles. The molecule has 0 bridgehead atoms. The van der Waals surface area contributed by atoms with E-state index in [9.17, 15) is 9.59 Å². The molecule has 1 aromatic rings. The molecule has 2 heterocycles. The maximum Gasteiger partial charge on any atom is 0.270 e. The number of pyridine rings is 1. The molecule has 2 saturated carbocycles. The number of carbonyl (C=O) groups is 2. The van der Waals surface area contributed by atoms with Crippen LogP contribution in [-0.4, -0.2) is 42.7 Å². The van der Waals surface area contributed by atoms with E-state index in [-0.39, 0.29) is 17.5 Å². The van der Waals surface area contributed by atoms with Crippen LogP contribution in [0.15, 0.2) is 12.1 Å². The lowest BCUT2D eigenvalue weighted by molar-refractivity contribution is -0.120. The summed E-state index contributed by atoms with van der Waals surface area (Å²) in [7, 11) is 0. The number of ether oxygens (including phenoxy) is 2. The van der Waals surface area contributed by atoms with Crippen LogP contribution >= 0.6 is 0 Å². The minimum atomic E-state index is -0.648. The number of primary amides is 1. The summed E-state index contributed by atoms with van der Waals surface area (Å²) < 4.78 is 11.4. The van der Waals surface area contributed by atoms with Crippen LogP contribution in [0.2, 0.25) is 0 Å². The number of amides is 2. The van der Waals surface area contributed by atoms with Crippen molar-refractivity contribution in [2.24, 2.45) is 17.6 Å². The predicted molar refractivity (Wildman–Crippen MR) is 98.4 cm³/mol. The summed E-state index contributed by atoms with van der Waals surface area (Å²) in [6.07, 6.45) is 6.08. The second-order valence-corrected chi connectivity index (χ2v) is 8.01. The van der Waals surface area contributed by atoms with E-state index in [4.69, 9.17) is 15.2 Å². The molecule has 3 N–H and O–H groups in total. The van der Waals surface area contributed by atoms with Gasteiger partial charge in [0.15, 0.2) is 0 Å². The topological polar surface area (TPSA) is 104 Å². The fourth-order valence-electron chi connectivity index (χ4n) is 3.43. The van der Waals surface area contributed by atoms with Crippen LogP contribution in [0.3, 0.4) is 0 Å². The second kappa shape index (κ2) is 7.84. The Kier molecular flexibility index (Phi) is 5.29. The van der Waals surface area contributed by atoms with Crippen molar-refractivity contribution >= 4 is 11.8 Å². The van der Waals surface area contributed by atoms with Crippen LogP contribution in [0.5, 0.6) is 5.88 Å². The molecule has 4 rings (SSSR count). The van der Waals surface area contributed by atoms with Gasteiger partial charge in [0.05, 0.1) is 13.2 Å². The van der Waals surface area contributed by atoms with E-state index in [1.165, 1.54) is 12.8 Å². The molecule has 1 saturated heterocycles. The van der Waals surface area contributed by atoms with Crippen LogP contribution in [0.1, 0.15) is 60.5 Å². The Morgan fingerprint density at radius 2 is 2.00 bits per heavy atom. The zero-order valence-electron chi connectivity index (χ0n) is 15.5. The first-order chi connectivity index (χ1) is 13.1. The normalized spacial score (nSPS) is 23.0. The Balaban J connectivity index is 1.49. The van der Waals surface area contributed by atoms with E-state index in [1.54, 1.807) is 6.07 Å². The zero-order valence-corrected chi connectivity index (χ0v) is 15.5. The monoisotopic (exact) mass is 373 g/mol. The quantitative estimate of drug-likeness (QED) is 0.686. The van der Waals surface area contributed by atoms with Gasteiger partial charge in [-0.1, -0.05) is 18.9 Å². The molecule has 0 spiro atoms. The summed E-state index contributed by atoms with van der Waals surface area (Å²) >= 11 is 0. The van der Waals surface area contributed by atoms with Gasteiger partial charge in [0.25, 0.3) is 5.91 Å². The minimum absolute atomic E-state index is 0.247. The number of hydrogen-bond donors (Lipinski definition) is 2. The number of nitrogens with two attached hydrogens (primary N) is 1. The van der Waals surface area contributed by atoms with Gasteiger partial charge in [-0.05, 0) is 43.6 Å². The summed E-state index contributed by atoms with van der Waals surface area (Å²) in [5.74, 6) is 0.956. The van der Waals surface area contributed by atoms with Crippen molar-refractivity contribution in [2.75, 3.05) is 19.8 Å². The molecular formula is C20H27N3O4. The zero-order chi connectivity index (χ0) is 18.8. The van der Waals surface area contributed by atoms with Crippen molar-refractivity contribution in [2.45, 2.75) is 50.5 Å². The van der Waals surface area contributed by atoms with Gasteiger partial charge in [-0.25, -0.2) is 4.98 Å². The van der Waals surface area contributed by atoms with Gasteiger partial charge in [0.2, 0.25) is 11.8 Å². The van der Waals surface area contributed by atoms with Crippen molar-refractivity contribution < 1.29 is 19.1 Å². The van der Waals surface area contributed by atoms with Gasteiger partial charge in [-0.3, -0.25) is 9.59 Å². The lowest BCUT2D eigenvalue weighted by atomic mass is 9.99. The molecule has 7 heteroatoms. The molecule has 2 amide bonds. The summed E-state index contributed by atoms with van der Waals surface area (Å²) in [5.41, 5.74) is 6.70. The third kappa shape index (κ3) is 4.77. The first-order valence-corrected chi connectivity index (χ1v) is 9.92. The van der Waals surface area contributed by atoms with Crippen molar-refractivity contribution in [3.8, 4) is 5.88 Å². The third-order valence-electron chi connectivity index (χ3n) is 5.56. The standard InChI is InChI=1S/C20H27N3O4/c21-18(24)17(9-12-1-2-12)22-19(25)16-6-5-15(14-7-8-26-11-14)20(23-16)27-10-13-3-4-13/h5-6,12-14,17H,1-4,7-11H2,(H2,21,24)(H,22,25)/t14?,17-/m0/s1. The van der Waals surface area contributed by atoms with E-state index in [0.717, 1.165) is 31.4 Å².